The lowest BCUT2D eigenvalue weighted by molar-refractivity contribution is 0.467. The molecule has 0 radical (unpaired) electrons. The first-order valence-electron chi connectivity index (χ1n) is 6.74. The lowest BCUT2D eigenvalue weighted by Crippen LogP contribution is -2.31. The van der Waals surface area contributed by atoms with Crippen LogP contribution < -0.4 is 5.32 Å². The van der Waals surface area contributed by atoms with E-state index in [1.54, 1.807) is 12.4 Å². The molecule has 0 fully saturated rings. The van der Waals surface area contributed by atoms with Gasteiger partial charge in [0.25, 0.3) is 0 Å². The van der Waals surface area contributed by atoms with Gasteiger partial charge in [-0.2, -0.15) is 0 Å². The second-order valence-corrected chi connectivity index (χ2v) is 5.01. The summed E-state index contributed by atoms with van der Waals surface area (Å²) >= 11 is 0. The third-order valence-electron chi connectivity index (χ3n) is 3.25. The molecule has 0 aliphatic rings. The van der Waals surface area contributed by atoms with Gasteiger partial charge in [-0.3, -0.25) is 9.97 Å². The minimum atomic E-state index is 0.215. The maximum atomic E-state index is 4.41. The Balaban J connectivity index is 1.96. The van der Waals surface area contributed by atoms with Gasteiger partial charge in [-0.25, -0.2) is 0 Å². The molecule has 0 saturated heterocycles. The Labute approximate surface area is 115 Å². The van der Waals surface area contributed by atoms with Gasteiger partial charge >= 0.3 is 0 Å². The monoisotopic (exact) mass is 255 g/mol. The summed E-state index contributed by atoms with van der Waals surface area (Å²) in [4.78, 5) is 8.70. The molecular formula is C16H21N3. The van der Waals surface area contributed by atoms with E-state index in [9.17, 15) is 0 Å². The fraction of sp³-hybridized carbons (Fsp3) is 0.375. The third-order valence-corrected chi connectivity index (χ3v) is 3.25. The van der Waals surface area contributed by atoms with E-state index in [4.69, 9.17) is 0 Å². The summed E-state index contributed by atoms with van der Waals surface area (Å²) in [6, 6.07) is 11.2. The quantitative estimate of drug-likeness (QED) is 0.892. The summed E-state index contributed by atoms with van der Waals surface area (Å²) in [6.07, 6.45) is 4.51. The van der Waals surface area contributed by atoms with Crippen molar-refractivity contribution in [2.75, 3.05) is 0 Å². The molecule has 2 aromatic rings. The van der Waals surface area contributed by atoms with Crippen molar-refractivity contribution in [3.8, 4) is 0 Å². The summed E-state index contributed by atoms with van der Waals surface area (Å²) in [5.41, 5.74) is 3.38. The van der Waals surface area contributed by atoms with Gasteiger partial charge in [0.15, 0.2) is 0 Å². The normalized spacial score (nSPS) is 14.1. The van der Waals surface area contributed by atoms with Gasteiger partial charge in [0.2, 0.25) is 0 Å². The average Bonchev–Trinajstić information content (AvgIpc) is 2.40. The Morgan fingerprint density at radius 3 is 2.42 bits per heavy atom. The lowest BCUT2D eigenvalue weighted by atomic mass is 10.1. The molecule has 0 spiro atoms. The highest BCUT2D eigenvalue weighted by molar-refractivity contribution is 5.16. The number of benzene rings is 1. The van der Waals surface area contributed by atoms with Crippen LogP contribution in [-0.4, -0.2) is 16.0 Å². The molecular weight excluding hydrogens is 234 g/mol. The summed E-state index contributed by atoms with van der Waals surface area (Å²) in [6.45, 7) is 6.34. The smallest absolute Gasteiger partial charge is 0.0782 e. The predicted octanol–water partition coefficient (Wildman–Crippen LogP) is 3.07. The molecule has 0 saturated carbocycles. The number of nitrogens with one attached hydrogen (secondary N) is 1. The van der Waals surface area contributed by atoms with E-state index in [1.165, 1.54) is 5.56 Å². The van der Waals surface area contributed by atoms with E-state index in [0.29, 0.717) is 6.04 Å². The summed E-state index contributed by atoms with van der Waals surface area (Å²) < 4.78 is 0. The van der Waals surface area contributed by atoms with Crippen molar-refractivity contribution in [3.05, 3.63) is 59.7 Å². The zero-order valence-electron chi connectivity index (χ0n) is 11.8. The van der Waals surface area contributed by atoms with Crippen molar-refractivity contribution < 1.29 is 0 Å². The van der Waals surface area contributed by atoms with Crippen molar-refractivity contribution in [2.45, 2.75) is 39.3 Å². The van der Waals surface area contributed by atoms with Crippen LogP contribution >= 0.6 is 0 Å². The molecule has 3 nitrogen and oxygen atoms in total. The van der Waals surface area contributed by atoms with E-state index < -0.39 is 0 Å². The number of rotatable bonds is 5. The molecule has 1 heterocycles. The van der Waals surface area contributed by atoms with E-state index in [2.05, 4.69) is 53.4 Å². The van der Waals surface area contributed by atoms with Crippen LogP contribution in [0.15, 0.2) is 42.7 Å². The standard InChI is InChI=1S/C16H21N3/c1-12(11-15-7-5-4-6-8-15)19-14(3)16-13(2)17-9-10-18-16/h4-10,12,14,19H,11H2,1-3H3. The van der Waals surface area contributed by atoms with Crippen molar-refractivity contribution in [1.29, 1.82) is 0 Å². The molecule has 0 aliphatic heterocycles. The molecule has 3 heteroatoms. The van der Waals surface area contributed by atoms with Gasteiger partial charge in [-0.15, -0.1) is 0 Å². The highest BCUT2D eigenvalue weighted by Gasteiger charge is 2.13. The van der Waals surface area contributed by atoms with Crippen LogP contribution in [0.2, 0.25) is 0 Å². The molecule has 1 aromatic heterocycles. The van der Waals surface area contributed by atoms with Gasteiger partial charge in [-0.1, -0.05) is 30.3 Å². The zero-order valence-corrected chi connectivity index (χ0v) is 11.8. The van der Waals surface area contributed by atoms with Crippen LogP contribution in [0.3, 0.4) is 0 Å². The summed E-state index contributed by atoms with van der Waals surface area (Å²) in [5.74, 6) is 0. The van der Waals surface area contributed by atoms with Crippen LogP contribution in [0.5, 0.6) is 0 Å². The average molecular weight is 255 g/mol. The van der Waals surface area contributed by atoms with Crippen LogP contribution in [0, 0.1) is 6.92 Å². The molecule has 1 N–H and O–H groups in total. The van der Waals surface area contributed by atoms with Crippen molar-refractivity contribution >= 4 is 0 Å². The highest BCUT2D eigenvalue weighted by Crippen LogP contribution is 2.13. The molecule has 0 amide bonds. The van der Waals surface area contributed by atoms with E-state index in [-0.39, 0.29) is 6.04 Å². The SMILES string of the molecule is Cc1nccnc1C(C)NC(C)Cc1ccccc1. The van der Waals surface area contributed by atoms with Crippen molar-refractivity contribution in [1.82, 2.24) is 15.3 Å². The number of hydrogen-bond acceptors (Lipinski definition) is 3. The zero-order chi connectivity index (χ0) is 13.7. The Morgan fingerprint density at radius 2 is 1.74 bits per heavy atom. The van der Waals surface area contributed by atoms with Gasteiger partial charge in [-0.05, 0) is 32.8 Å². The van der Waals surface area contributed by atoms with Gasteiger partial charge < -0.3 is 5.32 Å². The fourth-order valence-corrected chi connectivity index (χ4v) is 2.38. The van der Waals surface area contributed by atoms with Gasteiger partial charge in [0, 0.05) is 24.5 Å². The lowest BCUT2D eigenvalue weighted by Gasteiger charge is -2.20. The van der Waals surface area contributed by atoms with Crippen LogP contribution in [0.4, 0.5) is 0 Å². The predicted molar refractivity (Wildman–Crippen MR) is 77.9 cm³/mol. The van der Waals surface area contributed by atoms with Crippen LogP contribution in [0.1, 0.15) is 36.8 Å². The molecule has 0 aliphatic carbocycles. The number of aromatic nitrogens is 2. The maximum Gasteiger partial charge on any atom is 0.0782 e. The third kappa shape index (κ3) is 3.86. The second-order valence-electron chi connectivity index (χ2n) is 5.01. The largest absolute Gasteiger partial charge is 0.306 e. The second kappa shape index (κ2) is 6.43. The molecule has 2 unspecified atom stereocenters. The Kier molecular flexibility index (Phi) is 4.63. The van der Waals surface area contributed by atoms with E-state index in [1.807, 2.05) is 13.0 Å². The molecule has 0 bridgehead atoms. The molecule has 19 heavy (non-hydrogen) atoms. The molecule has 100 valence electrons. The first-order chi connectivity index (χ1) is 9.16. The summed E-state index contributed by atoms with van der Waals surface area (Å²) in [7, 11) is 0. The van der Waals surface area contributed by atoms with Crippen molar-refractivity contribution in [3.63, 3.8) is 0 Å². The fourth-order valence-electron chi connectivity index (χ4n) is 2.38. The Morgan fingerprint density at radius 1 is 1.05 bits per heavy atom. The first kappa shape index (κ1) is 13.7. The number of aryl methyl sites for hydroxylation is 1. The van der Waals surface area contributed by atoms with Gasteiger partial charge in [0.05, 0.1) is 11.4 Å². The summed E-state index contributed by atoms with van der Waals surface area (Å²) in [5, 5.41) is 3.58. The van der Waals surface area contributed by atoms with Crippen molar-refractivity contribution in [2.24, 2.45) is 0 Å². The Bertz CT molecular complexity index is 510. The maximum absolute atomic E-state index is 4.41. The minimum Gasteiger partial charge on any atom is -0.306 e. The molecule has 1 aromatic carbocycles. The minimum absolute atomic E-state index is 0.215. The van der Waals surface area contributed by atoms with E-state index >= 15 is 0 Å². The van der Waals surface area contributed by atoms with Crippen LogP contribution in [0.25, 0.3) is 0 Å². The highest BCUT2D eigenvalue weighted by atomic mass is 15.0. The van der Waals surface area contributed by atoms with E-state index in [0.717, 1.165) is 17.8 Å². The Hall–Kier alpha value is -1.74. The number of nitrogens with zero attached hydrogens (tertiary/aromatic N) is 2. The topological polar surface area (TPSA) is 37.8 Å². The number of hydrogen-bond donors (Lipinski definition) is 1. The molecule has 2 atom stereocenters. The van der Waals surface area contributed by atoms with Gasteiger partial charge in [0.1, 0.15) is 0 Å². The molecule has 2 rings (SSSR count). The first-order valence-corrected chi connectivity index (χ1v) is 6.74. The van der Waals surface area contributed by atoms with Crippen LogP contribution in [-0.2, 0) is 6.42 Å².